The summed E-state index contributed by atoms with van der Waals surface area (Å²) < 4.78 is 43.9. The molecule has 1 aliphatic heterocycles. The normalized spacial score (nSPS) is 24.0. The van der Waals surface area contributed by atoms with Crippen molar-refractivity contribution in [1.29, 1.82) is 0 Å². The van der Waals surface area contributed by atoms with Gasteiger partial charge in [0.25, 0.3) is 0 Å². The summed E-state index contributed by atoms with van der Waals surface area (Å²) in [6, 6.07) is 5.31. The number of alkyl halides is 3. The molecule has 1 aliphatic carbocycles. The number of carbonyl (C=O) groups is 1. The third-order valence-electron chi connectivity index (χ3n) is 5.52. The second kappa shape index (κ2) is 8.80. The smallest absolute Gasteiger partial charge is 0.384 e. The van der Waals surface area contributed by atoms with Crippen LogP contribution in [0.25, 0.3) is 0 Å². The molecule has 4 nitrogen and oxygen atoms in total. The minimum atomic E-state index is -4.36. The Balaban J connectivity index is 0.00000261. The highest BCUT2D eigenvalue weighted by atomic mass is 35.5. The number of hydrogen-bond acceptors (Lipinski definition) is 3. The van der Waals surface area contributed by atoms with Crippen molar-refractivity contribution in [3.05, 3.63) is 35.4 Å². The van der Waals surface area contributed by atoms with Crippen LogP contribution in [-0.2, 0) is 15.7 Å². The summed E-state index contributed by atoms with van der Waals surface area (Å²) in [5, 5.41) is 6.32. The van der Waals surface area contributed by atoms with Crippen LogP contribution in [0.15, 0.2) is 24.3 Å². The van der Waals surface area contributed by atoms with E-state index in [9.17, 15) is 18.0 Å². The monoisotopic (exact) mass is 406 g/mol. The summed E-state index contributed by atoms with van der Waals surface area (Å²) in [7, 11) is 1.66. The van der Waals surface area contributed by atoms with E-state index in [2.05, 4.69) is 10.6 Å². The zero-order chi connectivity index (χ0) is 18.8. The van der Waals surface area contributed by atoms with Gasteiger partial charge in [-0.15, -0.1) is 12.4 Å². The van der Waals surface area contributed by atoms with Gasteiger partial charge in [0.15, 0.2) is 0 Å². The molecule has 1 heterocycles. The number of hydrogen-bond donors (Lipinski definition) is 2. The van der Waals surface area contributed by atoms with Gasteiger partial charge < -0.3 is 15.4 Å². The molecule has 1 amide bonds. The number of rotatable bonds is 6. The Hall–Kier alpha value is -1.31. The average Bonchev–Trinajstić information content (AvgIpc) is 3.41. The molecule has 2 atom stereocenters. The van der Waals surface area contributed by atoms with Gasteiger partial charge >= 0.3 is 6.18 Å². The maximum atomic E-state index is 12.9. The van der Waals surface area contributed by atoms with Gasteiger partial charge in [-0.1, -0.05) is 18.2 Å². The molecule has 2 unspecified atom stereocenters. The van der Waals surface area contributed by atoms with E-state index in [0.717, 1.165) is 38.1 Å². The number of carbonyl (C=O) groups excluding carboxylic acids is 1. The van der Waals surface area contributed by atoms with Gasteiger partial charge in [0.05, 0.1) is 12.2 Å². The molecule has 27 heavy (non-hydrogen) atoms. The number of benzene rings is 1. The lowest BCUT2D eigenvalue weighted by atomic mass is 9.79. The Bertz CT molecular complexity index is 643. The molecule has 8 heteroatoms. The van der Waals surface area contributed by atoms with Crippen LogP contribution in [0.1, 0.15) is 36.3 Å². The molecule has 0 aromatic heterocycles. The molecule has 2 aliphatic rings. The molecule has 1 saturated carbocycles. The standard InChI is InChI=1S/C19H25F3N2O2.ClH/c1-26-12-18(5-7-23-8-6-18)11-24-17(25)16-10-15(16)13-3-2-4-14(9-13)19(20,21)22;/h2-4,9,15-16,23H,5-8,10-12H2,1H3,(H,24,25);1H. The van der Waals surface area contributed by atoms with E-state index in [1.165, 1.54) is 6.07 Å². The zero-order valence-corrected chi connectivity index (χ0v) is 16.1. The molecule has 0 bridgehead atoms. The highest BCUT2D eigenvalue weighted by molar-refractivity contribution is 5.85. The van der Waals surface area contributed by atoms with Crippen LogP contribution < -0.4 is 10.6 Å². The molecule has 1 aromatic carbocycles. The van der Waals surface area contributed by atoms with E-state index in [1.54, 1.807) is 13.2 Å². The molecule has 1 saturated heterocycles. The summed E-state index contributed by atoms with van der Waals surface area (Å²) in [4.78, 5) is 12.5. The van der Waals surface area contributed by atoms with Crippen molar-refractivity contribution in [2.45, 2.75) is 31.4 Å². The van der Waals surface area contributed by atoms with Crippen molar-refractivity contribution in [2.24, 2.45) is 11.3 Å². The first-order chi connectivity index (χ1) is 12.3. The molecule has 2 N–H and O–H groups in total. The minimum absolute atomic E-state index is 0. The van der Waals surface area contributed by atoms with Gasteiger partial charge in [-0.2, -0.15) is 13.2 Å². The third-order valence-corrected chi connectivity index (χ3v) is 5.52. The van der Waals surface area contributed by atoms with Crippen LogP contribution in [-0.4, -0.2) is 39.3 Å². The predicted octanol–water partition coefficient (Wildman–Crippen LogP) is 3.36. The Morgan fingerprint density at radius 3 is 2.67 bits per heavy atom. The number of ether oxygens (including phenoxy) is 1. The van der Waals surface area contributed by atoms with Gasteiger partial charge in [-0.05, 0) is 49.9 Å². The lowest BCUT2D eigenvalue weighted by molar-refractivity contribution is -0.137. The van der Waals surface area contributed by atoms with Crippen LogP contribution in [0.2, 0.25) is 0 Å². The van der Waals surface area contributed by atoms with Gasteiger partial charge in [0, 0.05) is 25.0 Å². The molecule has 3 rings (SSSR count). The maximum Gasteiger partial charge on any atom is 0.416 e. The van der Waals surface area contributed by atoms with Gasteiger partial charge in [-0.3, -0.25) is 4.79 Å². The molecule has 152 valence electrons. The van der Waals surface area contributed by atoms with Crippen molar-refractivity contribution in [3.63, 3.8) is 0 Å². The molecular formula is C19H26ClF3N2O2. The first-order valence-corrected chi connectivity index (χ1v) is 8.99. The molecule has 1 aromatic rings. The number of methoxy groups -OCH3 is 1. The number of amides is 1. The van der Waals surface area contributed by atoms with E-state index >= 15 is 0 Å². The predicted molar refractivity (Wildman–Crippen MR) is 99.0 cm³/mol. The molecule has 0 radical (unpaired) electrons. The number of piperidine rings is 1. The van der Waals surface area contributed by atoms with Crippen LogP contribution in [0.3, 0.4) is 0 Å². The topological polar surface area (TPSA) is 50.4 Å². The zero-order valence-electron chi connectivity index (χ0n) is 15.3. The largest absolute Gasteiger partial charge is 0.416 e. The summed E-state index contributed by atoms with van der Waals surface area (Å²) in [5.41, 5.74) is -0.126. The second-order valence-corrected chi connectivity index (χ2v) is 7.47. The minimum Gasteiger partial charge on any atom is -0.384 e. The average molecular weight is 407 g/mol. The van der Waals surface area contributed by atoms with Gasteiger partial charge in [0.1, 0.15) is 0 Å². The van der Waals surface area contributed by atoms with E-state index < -0.39 is 11.7 Å². The van der Waals surface area contributed by atoms with Crippen LogP contribution >= 0.6 is 12.4 Å². The Morgan fingerprint density at radius 2 is 2.04 bits per heavy atom. The molecule has 0 spiro atoms. The van der Waals surface area contributed by atoms with E-state index in [1.807, 2.05) is 0 Å². The van der Waals surface area contributed by atoms with Crippen LogP contribution in [0.5, 0.6) is 0 Å². The number of halogens is 4. The maximum absolute atomic E-state index is 12.9. The van der Waals surface area contributed by atoms with E-state index in [4.69, 9.17) is 4.74 Å². The Kier molecular flexibility index (Phi) is 7.16. The third kappa shape index (κ3) is 5.36. The highest BCUT2D eigenvalue weighted by Crippen LogP contribution is 2.48. The van der Waals surface area contributed by atoms with E-state index in [0.29, 0.717) is 25.1 Å². The Morgan fingerprint density at radius 1 is 1.33 bits per heavy atom. The van der Waals surface area contributed by atoms with Crippen LogP contribution in [0, 0.1) is 11.3 Å². The van der Waals surface area contributed by atoms with Crippen molar-refractivity contribution in [3.8, 4) is 0 Å². The van der Waals surface area contributed by atoms with E-state index in [-0.39, 0.29) is 35.6 Å². The fourth-order valence-electron chi connectivity index (χ4n) is 3.84. The first-order valence-electron chi connectivity index (χ1n) is 8.99. The molecule has 2 fully saturated rings. The Labute approximate surface area is 163 Å². The highest BCUT2D eigenvalue weighted by Gasteiger charge is 2.45. The number of nitrogens with one attached hydrogen (secondary N) is 2. The lowest BCUT2D eigenvalue weighted by Gasteiger charge is -2.37. The van der Waals surface area contributed by atoms with Crippen molar-refractivity contribution in [1.82, 2.24) is 10.6 Å². The van der Waals surface area contributed by atoms with Crippen molar-refractivity contribution < 1.29 is 22.7 Å². The second-order valence-electron chi connectivity index (χ2n) is 7.47. The van der Waals surface area contributed by atoms with Crippen molar-refractivity contribution >= 4 is 18.3 Å². The van der Waals surface area contributed by atoms with Gasteiger partial charge in [0.2, 0.25) is 5.91 Å². The quantitative estimate of drug-likeness (QED) is 0.761. The van der Waals surface area contributed by atoms with Gasteiger partial charge in [-0.25, -0.2) is 0 Å². The van der Waals surface area contributed by atoms with Crippen molar-refractivity contribution in [2.75, 3.05) is 33.4 Å². The first kappa shape index (κ1) is 22.0. The summed E-state index contributed by atoms with van der Waals surface area (Å²) in [6.45, 7) is 2.94. The fourth-order valence-corrected chi connectivity index (χ4v) is 3.84. The van der Waals surface area contributed by atoms with Crippen LogP contribution in [0.4, 0.5) is 13.2 Å². The SMILES string of the molecule is COCC1(CNC(=O)C2CC2c2cccc(C(F)(F)F)c2)CCNCC1.Cl. The summed E-state index contributed by atoms with van der Waals surface area (Å²) in [5.74, 6) is -0.426. The lowest BCUT2D eigenvalue weighted by Crippen LogP contribution is -2.47. The summed E-state index contributed by atoms with van der Waals surface area (Å²) in [6.07, 6.45) is -1.89. The molecular weight excluding hydrogens is 381 g/mol. The fraction of sp³-hybridized carbons (Fsp3) is 0.632. The summed E-state index contributed by atoms with van der Waals surface area (Å²) >= 11 is 0.